The summed E-state index contributed by atoms with van der Waals surface area (Å²) in [5, 5.41) is 15.8. The summed E-state index contributed by atoms with van der Waals surface area (Å²) in [5.41, 5.74) is 0.576. The minimum Gasteiger partial charge on any atom is -0.364 e. The van der Waals surface area contributed by atoms with Crippen molar-refractivity contribution in [2.75, 3.05) is 11.9 Å². The number of aromatic nitrogens is 4. The fourth-order valence-electron chi connectivity index (χ4n) is 2.63. The number of amides is 1. The summed E-state index contributed by atoms with van der Waals surface area (Å²) in [7, 11) is 0. The molecule has 1 saturated heterocycles. The second kappa shape index (κ2) is 4.68. The first-order valence-electron chi connectivity index (χ1n) is 7.11. The fourth-order valence-corrected chi connectivity index (χ4v) is 2.63. The van der Waals surface area contributed by atoms with E-state index in [0.717, 1.165) is 17.3 Å². The van der Waals surface area contributed by atoms with Crippen LogP contribution in [0.3, 0.4) is 0 Å². The van der Waals surface area contributed by atoms with Gasteiger partial charge in [-0.05, 0) is 39.8 Å². The van der Waals surface area contributed by atoms with Gasteiger partial charge in [-0.3, -0.25) is 4.79 Å². The summed E-state index contributed by atoms with van der Waals surface area (Å²) in [4.78, 5) is 14.0. The lowest BCUT2D eigenvalue weighted by Gasteiger charge is -2.32. The third-order valence-electron chi connectivity index (χ3n) is 3.71. The number of likely N-dealkylation sites (tertiary alicyclic amines) is 1. The van der Waals surface area contributed by atoms with Crippen LogP contribution in [0.4, 0.5) is 5.82 Å². The molecule has 0 saturated carbocycles. The maximum atomic E-state index is 12.1. The number of aryl methyl sites for hydroxylation is 1. The van der Waals surface area contributed by atoms with E-state index in [0.29, 0.717) is 13.0 Å². The van der Waals surface area contributed by atoms with Crippen molar-refractivity contribution >= 4 is 17.4 Å². The number of rotatable bonds is 2. The summed E-state index contributed by atoms with van der Waals surface area (Å²) in [6.07, 6.45) is 0.498. The summed E-state index contributed by atoms with van der Waals surface area (Å²) in [6.45, 7) is 8.72. The van der Waals surface area contributed by atoms with Crippen LogP contribution in [0.2, 0.25) is 0 Å². The van der Waals surface area contributed by atoms with Crippen molar-refractivity contribution in [2.24, 2.45) is 0 Å². The van der Waals surface area contributed by atoms with Crippen LogP contribution in [0.25, 0.3) is 5.65 Å². The van der Waals surface area contributed by atoms with Crippen LogP contribution in [0.1, 0.15) is 33.0 Å². The lowest BCUT2D eigenvalue weighted by atomic mass is 10.1. The van der Waals surface area contributed by atoms with Crippen LogP contribution < -0.4 is 5.32 Å². The van der Waals surface area contributed by atoms with Crippen LogP contribution >= 0.6 is 0 Å². The minimum absolute atomic E-state index is 0.0819. The van der Waals surface area contributed by atoms with E-state index in [9.17, 15) is 4.79 Å². The summed E-state index contributed by atoms with van der Waals surface area (Å²) < 4.78 is 1.70. The maximum Gasteiger partial charge on any atom is 0.225 e. The van der Waals surface area contributed by atoms with E-state index < -0.39 is 0 Å². The van der Waals surface area contributed by atoms with Crippen molar-refractivity contribution in [1.82, 2.24) is 24.7 Å². The van der Waals surface area contributed by atoms with E-state index in [1.54, 1.807) is 4.52 Å². The highest BCUT2D eigenvalue weighted by atomic mass is 16.2. The van der Waals surface area contributed by atoms with Crippen molar-refractivity contribution in [3.63, 3.8) is 0 Å². The van der Waals surface area contributed by atoms with Gasteiger partial charge in [0, 0.05) is 18.5 Å². The zero-order valence-electron chi connectivity index (χ0n) is 12.8. The Labute approximate surface area is 123 Å². The number of anilines is 1. The topological polar surface area (TPSA) is 75.4 Å². The van der Waals surface area contributed by atoms with Gasteiger partial charge in [0.15, 0.2) is 11.5 Å². The van der Waals surface area contributed by atoms with Crippen molar-refractivity contribution in [3.05, 3.63) is 18.0 Å². The minimum atomic E-state index is -0.143. The lowest BCUT2D eigenvalue weighted by Crippen LogP contribution is -2.43. The third kappa shape index (κ3) is 2.55. The molecule has 3 rings (SSSR count). The standard InChI is InChI=1S/C14H20N6O/c1-9-16-17-12-6-5-11(18-20(9)12)15-10-7-13(21)19(8-10)14(2,3)4/h5-6,10H,7-8H2,1-4H3,(H,15,18). The average molecular weight is 288 g/mol. The van der Waals surface area contributed by atoms with Gasteiger partial charge in [-0.2, -0.15) is 4.52 Å². The molecule has 1 unspecified atom stereocenters. The van der Waals surface area contributed by atoms with Crippen molar-refractivity contribution in [3.8, 4) is 0 Å². The SMILES string of the molecule is Cc1nnc2ccc(NC3CC(=O)N(C(C)(C)C)C3)nn12. The summed E-state index contributed by atoms with van der Waals surface area (Å²) in [6, 6.07) is 3.82. The Morgan fingerprint density at radius 2 is 2.05 bits per heavy atom. The van der Waals surface area contributed by atoms with Gasteiger partial charge in [-0.1, -0.05) is 0 Å². The molecule has 2 aromatic rings. The fraction of sp³-hybridized carbons (Fsp3) is 0.571. The van der Waals surface area contributed by atoms with Crippen LogP contribution in [0.5, 0.6) is 0 Å². The highest BCUT2D eigenvalue weighted by Gasteiger charge is 2.36. The zero-order chi connectivity index (χ0) is 15.2. The molecular weight excluding hydrogens is 268 g/mol. The highest BCUT2D eigenvalue weighted by Crippen LogP contribution is 2.23. The van der Waals surface area contributed by atoms with Crippen LogP contribution in [-0.4, -0.2) is 48.7 Å². The molecule has 0 radical (unpaired) electrons. The molecule has 21 heavy (non-hydrogen) atoms. The average Bonchev–Trinajstić information content (AvgIpc) is 2.93. The number of hydrogen-bond donors (Lipinski definition) is 1. The summed E-state index contributed by atoms with van der Waals surface area (Å²) in [5.74, 6) is 1.66. The molecule has 1 N–H and O–H groups in total. The van der Waals surface area contributed by atoms with Crippen LogP contribution in [-0.2, 0) is 4.79 Å². The largest absolute Gasteiger partial charge is 0.364 e. The van der Waals surface area contributed by atoms with Crippen LogP contribution in [0, 0.1) is 6.92 Å². The van der Waals surface area contributed by atoms with E-state index in [4.69, 9.17) is 0 Å². The number of hydrogen-bond acceptors (Lipinski definition) is 5. The molecule has 0 aromatic carbocycles. The van der Waals surface area contributed by atoms with Gasteiger partial charge in [-0.15, -0.1) is 15.3 Å². The van der Waals surface area contributed by atoms with E-state index >= 15 is 0 Å². The van der Waals surface area contributed by atoms with Gasteiger partial charge in [0.2, 0.25) is 5.91 Å². The number of nitrogens with one attached hydrogen (secondary N) is 1. The lowest BCUT2D eigenvalue weighted by molar-refractivity contribution is -0.131. The Morgan fingerprint density at radius 1 is 1.29 bits per heavy atom. The summed E-state index contributed by atoms with van der Waals surface area (Å²) >= 11 is 0. The molecule has 3 heterocycles. The Kier molecular flexibility index (Phi) is 3.07. The van der Waals surface area contributed by atoms with E-state index in [-0.39, 0.29) is 17.5 Å². The molecule has 0 aliphatic carbocycles. The molecule has 0 spiro atoms. The first-order chi connectivity index (χ1) is 9.84. The van der Waals surface area contributed by atoms with Gasteiger partial charge in [0.25, 0.3) is 0 Å². The molecule has 112 valence electrons. The van der Waals surface area contributed by atoms with Gasteiger partial charge in [-0.25, -0.2) is 0 Å². The van der Waals surface area contributed by atoms with Crippen molar-refractivity contribution in [2.45, 2.75) is 45.7 Å². The smallest absolute Gasteiger partial charge is 0.225 e. The Morgan fingerprint density at radius 3 is 2.71 bits per heavy atom. The van der Waals surface area contributed by atoms with Crippen molar-refractivity contribution in [1.29, 1.82) is 0 Å². The van der Waals surface area contributed by atoms with E-state index in [2.05, 4.69) is 41.4 Å². The molecule has 1 aliphatic heterocycles. The Hall–Kier alpha value is -2.18. The molecule has 1 fully saturated rings. The van der Waals surface area contributed by atoms with Gasteiger partial charge in [0.05, 0.1) is 6.04 Å². The van der Waals surface area contributed by atoms with Gasteiger partial charge < -0.3 is 10.2 Å². The first-order valence-corrected chi connectivity index (χ1v) is 7.11. The molecule has 1 atom stereocenters. The molecule has 7 nitrogen and oxygen atoms in total. The molecule has 1 aliphatic rings. The molecule has 7 heteroatoms. The predicted molar refractivity (Wildman–Crippen MR) is 79.0 cm³/mol. The first kappa shape index (κ1) is 13.8. The van der Waals surface area contributed by atoms with Crippen molar-refractivity contribution < 1.29 is 4.79 Å². The quantitative estimate of drug-likeness (QED) is 0.900. The zero-order valence-corrected chi connectivity index (χ0v) is 12.8. The number of nitrogens with zero attached hydrogens (tertiary/aromatic N) is 5. The number of carbonyl (C=O) groups excluding carboxylic acids is 1. The van der Waals surface area contributed by atoms with E-state index in [1.807, 2.05) is 24.0 Å². The normalized spacial score (nSPS) is 19.5. The third-order valence-corrected chi connectivity index (χ3v) is 3.71. The molecule has 1 amide bonds. The Bertz CT molecular complexity index is 686. The van der Waals surface area contributed by atoms with Crippen LogP contribution in [0.15, 0.2) is 12.1 Å². The van der Waals surface area contributed by atoms with Gasteiger partial charge in [0.1, 0.15) is 5.82 Å². The highest BCUT2D eigenvalue weighted by molar-refractivity contribution is 5.80. The molecule has 0 bridgehead atoms. The second-order valence-corrected chi connectivity index (χ2v) is 6.46. The maximum absolute atomic E-state index is 12.1. The van der Waals surface area contributed by atoms with E-state index in [1.165, 1.54) is 0 Å². The predicted octanol–water partition coefficient (Wildman–Crippen LogP) is 1.24. The molecular formula is C14H20N6O. The second-order valence-electron chi connectivity index (χ2n) is 6.46. The number of carbonyl (C=O) groups is 1. The molecule has 2 aromatic heterocycles. The number of fused-ring (bicyclic) bond motifs is 1. The monoisotopic (exact) mass is 288 g/mol. The van der Waals surface area contributed by atoms with Gasteiger partial charge >= 0.3 is 0 Å². The Balaban J connectivity index is 1.77.